The zero-order chi connectivity index (χ0) is 17.3. The van der Waals surface area contributed by atoms with Gasteiger partial charge in [-0.2, -0.15) is 5.10 Å². The van der Waals surface area contributed by atoms with Gasteiger partial charge in [0.05, 0.1) is 12.5 Å². The summed E-state index contributed by atoms with van der Waals surface area (Å²) in [5.41, 5.74) is 1.08. The molecule has 126 valence electrons. The number of aromatic nitrogens is 4. The molecule has 0 aliphatic heterocycles. The quantitative estimate of drug-likeness (QED) is 0.732. The van der Waals surface area contributed by atoms with Crippen LogP contribution in [-0.2, 0) is 20.0 Å². The molecule has 0 bridgehead atoms. The summed E-state index contributed by atoms with van der Waals surface area (Å²) < 4.78 is 43.1. The van der Waals surface area contributed by atoms with E-state index in [0.29, 0.717) is 24.0 Å². The average molecular weight is 338 g/mol. The summed E-state index contributed by atoms with van der Waals surface area (Å²) >= 11 is 0. The Labute approximate surface area is 134 Å². The molecule has 0 atom stereocenters. The van der Waals surface area contributed by atoms with E-state index < -0.39 is 6.36 Å². The third-order valence-corrected chi connectivity index (χ3v) is 3.52. The molecule has 0 unspecified atom stereocenters. The fraction of sp³-hybridized carbons (Fsp3) is 0.267. The Bertz CT molecular complexity index is 913. The third kappa shape index (κ3) is 3.39. The number of hydrogen-bond donors (Lipinski definition) is 0. The molecule has 6 nitrogen and oxygen atoms in total. The van der Waals surface area contributed by atoms with Crippen molar-refractivity contribution >= 4 is 11.0 Å². The summed E-state index contributed by atoms with van der Waals surface area (Å²) in [6, 6.07) is 5.55. The Kier molecular flexibility index (Phi) is 4.00. The summed E-state index contributed by atoms with van der Waals surface area (Å²) in [7, 11) is 1.70. The van der Waals surface area contributed by atoms with Crippen LogP contribution in [0, 0.1) is 0 Å². The Balaban J connectivity index is 1.72. The first-order chi connectivity index (χ1) is 11.3. The lowest BCUT2D eigenvalue weighted by molar-refractivity contribution is -0.274. The zero-order valence-corrected chi connectivity index (χ0v) is 12.6. The first-order valence-corrected chi connectivity index (χ1v) is 7.05. The van der Waals surface area contributed by atoms with E-state index in [9.17, 15) is 18.0 Å². The lowest BCUT2D eigenvalue weighted by atomic mass is 10.1. The van der Waals surface area contributed by atoms with Crippen LogP contribution in [-0.4, -0.2) is 25.7 Å². The van der Waals surface area contributed by atoms with Crippen molar-refractivity contribution in [2.24, 2.45) is 7.05 Å². The standard InChI is InChI=1S/C15H13F3N4O2/c1-21-13-12(8-20-21)14(23)22(9-19-13)7-6-10-2-4-11(5-3-10)24-15(16,17)18/h2-5,8-9H,6-7H2,1H3. The van der Waals surface area contributed by atoms with Crippen LogP contribution in [0.4, 0.5) is 13.2 Å². The molecule has 3 aromatic rings. The normalized spacial score (nSPS) is 11.8. The number of benzene rings is 1. The molecule has 0 aliphatic carbocycles. The molecule has 0 N–H and O–H groups in total. The lowest BCUT2D eigenvalue weighted by Gasteiger charge is -2.09. The van der Waals surface area contributed by atoms with Crippen LogP contribution >= 0.6 is 0 Å². The van der Waals surface area contributed by atoms with Crippen molar-refractivity contribution in [1.29, 1.82) is 0 Å². The van der Waals surface area contributed by atoms with Gasteiger partial charge in [0.1, 0.15) is 11.1 Å². The van der Waals surface area contributed by atoms with E-state index in [1.807, 2.05) is 0 Å². The van der Waals surface area contributed by atoms with Crippen LogP contribution in [0.15, 0.2) is 41.6 Å². The summed E-state index contributed by atoms with van der Waals surface area (Å²) in [5, 5.41) is 4.41. The summed E-state index contributed by atoms with van der Waals surface area (Å²) in [4.78, 5) is 16.5. The topological polar surface area (TPSA) is 61.9 Å². The highest BCUT2D eigenvalue weighted by Crippen LogP contribution is 2.22. The molecule has 0 aliphatic rings. The third-order valence-electron chi connectivity index (χ3n) is 3.52. The second kappa shape index (κ2) is 5.99. The molecule has 0 spiro atoms. The first-order valence-electron chi connectivity index (χ1n) is 7.05. The molecule has 0 radical (unpaired) electrons. The molecule has 0 fully saturated rings. The Hall–Kier alpha value is -2.84. The largest absolute Gasteiger partial charge is 0.573 e. The second-order valence-electron chi connectivity index (χ2n) is 5.19. The molecule has 0 amide bonds. The number of nitrogens with zero attached hydrogens (tertiary/aromatic N) is 4. The minimum absolute atomic E-state index is 0.204. The molecule has 3 rings (SSSR count). The number of halogens is 3. The van der Waals surface area contributed by atoms with Crippen LogP contribution in [0.2, 0.25) is 0 Å². The summed E-state index contributed by atoms with van der Waals surface area (Å²) in [6.45, 7) is 0.357. The zero-order valence-electron chi connectivity index (χ0n) is 12.6. The van der Waals surface area contributed by atoms with Gasteiger partial charge in [0, 0.05) is 13.6 Å². The first kappa shape index (κ1) is 16.0. The number of alkyl halides is 3. The van der Waals surface area contributed by atoms with Gasteiger partial charge in [0.2, 0.25) is 0 Å². The van der Waals surface area contributed by atoms with E-state index in [-0.39, 0.29) is 11.3 Å². The molecule has 1 aromatic carbocycles. The van der Waals surface area contributed by atoms with Gasteiger partial charge in [0.15, 0.2) is 5.65 Å². The van der Waals surface area contributed by atoms with Crippen molar-refractivity contribution < 1.29 is 17.9 Å². The van der Waals surface area contributed by atoms with E-state index in [0.717, 1.165) is 5.56 Å². The monoisotopic (exact) mass is 338 g/mol. The van der Waals surface area contributed by atoms with Crippen LogP contribution in [0.3, 0.4) is 0 Å². The number of rotatable bonds is 4. The maximum Gasteiger partial charge on any atom is 0.573 e. The second-order valence-corrected chi connectivity index (χ2v) is 5.19. The van der Waals surface area contributed by atoms with E-state index in [2.05, 4.69) is 14.8 Å². The number of ether oxygens (including phenoxy) is 1. The molecule has 0 saturated carbocycles. The number of aryl methyl sites for hydroxylation is 3. The van der Waals surface area contributed by atoms with Crippen molar-refractivity contribution in [3.05, 3.63) is 52.7 Å². The van der Waals surface area contributed by atoms with Gasteiger partial charge in [-0.25, -0.2) is 4.98 Å². The predicted octanol–water partition coefficient (Wildman–Crippen LogP) is 2.27. The van der Waals surface area contributed by atoms with Crippen LogP contribution in [0.1, 0.15) is 5.56 Å². The molecule has 9 heteroatoms. The van der Waals surface area contributed by atoms with E-state index >= 15 is 0 Å². The van der Waals surface area contributed by atoms with Crippen molar-refractivity contribution in [3.63, 3.8) is 0 Å². The van der Waals surface area contributed by atoms with Gasteiger partial charge in [-0.3, -0.25) is 14.0 Å². The summed E-state index contributed by atoms with van der Waals surface area (Å²) in [5.74, 6) is -0.276. The molecule has 24 heavy (non-hydrogen) atoms. The van der Waals surface area contributed by atoms with E-state index in [1.165, 1.54) is 46.0 Å². The molecule has 0 saturated heterocycles. The van der Waals surface area contributed by atoms with Crippen LogP contribution < -0.4 is 10.3 Å². The Morgan fingerprint density at radius 3 is 2.58 bits per heavy atom. The van der Waals surface area contributed by atoms with E-state index in [4.69, 9.17) is 0 Å². The minimum Gasteiger partial charge on any atom is -0.406 e. The Morgan fingerprint density at radius 2 is 1.92 bits per heavy atom. The van der Waals surface area contributed by atoms with Crippen molar-refractivity contribution in [1.82, 2.24) is 19.3 Å². The van der Waals surface area contributed by atoms with Crippen molar-refractivity contribution in [2.75, 3.05) is 0 Å². The van der Waals surface area contributed by atoms with Gasteiger partial charge in [-0.15, -0.1) is 13.2 Å². The van der Waals surface area contributed by atoms with Crippen LogP contribution in [0.25, 0.3) is 11.0 Å². The molecular weight excluding hydrogens is 325 g/mol. The maximum absolute atomic E-state index is 12.3. The van der Waals surface area contributed by atoms with Gasteiger partial charge >= 0.3 is 6.36 Å². The molecular formula is C15H13F3N4O2. The number of fused-ring (bicyclic) bond motifs is 1. The fourth-order valence-corrected chi connectivity index (χ4v) is 2.33. The minimum atomic E-state index is -4.71. The van der Waals surface area contributed by atoms with Crippen LogP contribution in [0.5, 0.6) is 5.75 Å². The highest BCUT2D eigenvalue weighted by Gasteiger charge is 2.30. The van der Waals surface area contributed by atoms with Gasteiger partial charge < -0.3 is 4.74 Å². The van der Waals surface area contributed by atoms with Gasteiger partial charge in [-0.05, 0) is 24.1 Å². The van der Waals surface area contributed by atoms with E-state index in [1.54, 1.807) is 7.05 Å². The molecule has 2 aromatic heterocycles. The van der Waals surface area contributed by atoms with Gasteiger partial charge in [0.25, 0.3) is 5.56 Å². The maximum atomic E-state index is 12.3. The SMILES string of the molecule is Cn1ncc2c(=O)n(CCc3ccc(OC(F)(F)F)cc3)cnc21. The smallest absolute Gasteiger partial charge is 0.406 e. The highest BCUT2D eigenvalue weighted by molar-refractivity contribution is 5.72. The predicted molar refractivity (Wildman–Crippen MR) is 79.6 cm³/mol. The highest BCUT2D eigenvalue weighted by atomic mass is 19.4. The van der Waals surface area contributed by atoms with Crippen molar-refractivity contribution in [3.8, 4) is 5.75 Å². The number of hydrogen-bond acceptors (Lipinski definition) is 4. The summed E-state index contributed by atoms with van der Waals surface area (Å²) in [6.07, 6.45) is -1.34. The average Bonchev–Trinajstić information content (AvgIpc) is 2.89. The van der Waals surface area contributed by atoms with Gasteiger partial charge in [-0.1, -0.05) is 12.1 Å². The molecule has 2 heterocycles. The lowest BCUT2D eigenvalue weighted by Crippen LogP contribution is -2.21. The van der Waals surface area contributed by atoms with Crippen molar-refractivity contribution in [2.45, 2.75) is 19.3 Å². The Morgan fingerprint density at radius 1 is 1.21 bits per heavy atom. The fourth-order valence-electron chi connectivity index (χ4n) is 2.33.